The predicted octanol–water partition coefficient (Wildman–Crippen LogP) is 2.95. The molecule has 1 heterocycles. The number of rotatable bonds is 7. The summed E-state index contributed by atoms with van der Waals surface area (Å²) < 4.78 is 0. The van der Waals surface area contributed by atoms with Gasteiger partial charge in [-0.3, -0.25) is 9.69 Å². The van der Waals surface area contributed by atoms with Gasteiger partial charge in [0.15, 0.2) is 0 Å². The molecule has 0 radical (unpaired) electrons. The number of hydrogen-bond acceptors (Lipinski definition) is 3. The van der Waals surface area contributed by atoms with Gasteiger partial charge in [0, 0.05) is 7.05 Å². The molecule has 24 heavy (non-hydrogen) atoms. The Kier molecular flexibility index (Phi) is 9.34. The van der Waals surface area contributed by atoms with Crippen molar-refractivity contribution in [3.05, 3.63) is 35.9 Å². The van der Waals surface area contributed by atoms with Crippen LogP contribution in [0.15, 0.2) is 30.3 Å². The summed E-state index contributed by atoms with van der Waals surface area (Å²) in [5, 5.41) is 3.43. The lowest BCUT2D eigenvalue weighted by atomic mass is 9.97. The molecular formula is C19H32ClN3O. The van der Waals surface area contributed by atoms with E-state index < -0.39 is 0 Å². The number of likely N-dealkylation sites (N-methyl/N-ethyl adjacent to an activating group) is 1. The summed E-state index contributed by atoms with van der Waals surface area (Å²) in [5.74, 6) is 0.980. The molecule has 1 aromatic rings. The second kappa shape index (κ2) is 10.7. The lowest BCUT2D eigenvalue weighted by molar-refractivity contribution is -0.133. The van der Waals surface area contributed by atoms with Crippen LogP contribution in [0.1, 0.15) is 38.3 Å². The van der Waals surface area contributed by atoms with E-state index in [0.29, 0.717) is 6.54 Å². The minimum absolute atomic E-state index is 0. The fraction of sp³-hybridized carbons (Fsp3) is 0.632. The highest BCUT2D eigenvalue weighted by Crippen LogP contribution is 2.20. The van der Waals surface area contributed by atoms with E-state index in [0.717, 1.165) is 32.1 Å². The van der Waals surface area contributed by atoms with E-state index in [1.54, 1.807) is 0 Å². The highest BCUT2D eigenvalue weighted by atomic mass is 35.5. The SMILES string of the molecule is CCNCC1CCN(CC(=O)N(C)C(C)c2ccccc2)CC1.Cl. The third-order valence-corrected chi connectivity index (χ3v) is 5.01. The standard InChI is InChI=1S/C19H31N3O.ClH/c1-4-20-14-17-10-12-22(13-11-17)15-19(23)21(3)16(2)18-8-6-5-7-9-18;/h5-9,16-17,20H,4,10-15H2,1-3H3;1H. The van der Waals surface area contributed by atoms with Gasteiger partial charge in [0.2, 0.25) is 5.91 Å². The largest absolute Gasteiger partial charge is 0.338 e. The van der Waals surface area contributed by atoms with Crippen molar-refractivity contribution in [2.24, 2.45) is 5.92 Å². The van der Waals surface area contributed by atoms with Crippen molar-refractivity contribution in [3.8, 4) is 0 Å². The zero-order valence-corrected chi connectivity index (χ0v) is 16.0. The summed E-state index contributed by atoms with van der Waals surface area (Å²) in [5.41, 5.74) is 1.19. The Labute approximate surface area is 153 Å². The first-order valence-corrected chi connectivity index (χ1v) is 8.85. The predicted molar refractivity (Wildman–Crippen MR) is 103 cm³/mol. The number of hydrogen-bond donors (Lipinski definition) is 1. The minimum Gasteiger partial charge on any atom is -0.338 e. The van der Waals surface area contributed by atoms with Crippen molar-refractivity contribution in [3.63, 3.8) is 0 Å². The molecule has 5 heteroatoms. The van der Waals surface area contributed by atoms with Gasteiger partial charge in [0.25, 0.3) is 0 Å². The fourth-order valence-electron chi connectivity index (χ4n) is 3.17. The molecule has 1 N–H and O–H groups in total. The second-order valence-electron chi connectivity index (χ2n) is 6.62. The lowest BCUT2D eigenvalue weighted by Gasteiger charge is -2.33. The zero-order valence-electron chi connectivity index (χ0n) is 15.2. The highest BCUT2D eigenvalue weighted by molar-refractivity contribution is 5.85. The Morgan fingerprint density at radius 3 is 2.50 bits per heavy atom. The Balaban J connectivity index is 0.00000288. The number of carbonyl (C=O) groups excluding carboxylic acids is 1. The summed E-state index contributed by atoms with van der Waals surface area (Å²) in [7, 11) is 1.91. The maximum atomic E-state index is 12.6. The number of carbonyl (C=O) groups is 1. The van der Waals surface area contributed by atoms with E-state index in [-0.39, 0.29) is 24.4 Å². The van der Waals surface area contributed by atoms with Gasteiger partial charge in [-0.15, -0.1) is 12.4 Å². The van der Waals surface area contributed by atoms with Crippen LogP contribution in [0.25, 0.3) is 0 Å². The fourth-order valence-corrected chi connectivity index (χ4v) is 3.17. The van der Waals surface area contributed by atoms with E-state index in [9.17, 15) is 4.79 Å². The number of likely N-dealkylation sites (tertiary alicyclic amines) is 1. The van der Waals surface area contributed by atoms with Crippen LogP contribution >= 0.6 is 12.4 Å². The van der Waals surface area contributed by atoms with Gasteiger partial charge in [-0.2, -0.15) is 0 Å². The van der Waals surface area contributed by atoms with Crippen LogP contribution in [0.5, 0.6) is 0 Å². The van der Waals surface area contributed by atoms with Gasteiger partial charge >= 0.3 is 0 Å². The first-order chi connectivity index (χ1) is 11.1. The quantitative estimate of drug-likeness (QED) is 0.818. The monoisotopic (exact) mass is 353 g/mol. The smallest absolute Gasteiger partial charge is 0.236 e. The van der Waals surface area contributed by atoms with E-state index >= 15 is 0 Å². The topological polar surface area (TPSA) is 35.6 Å². The summed E-state index contributed by atoms with van der Waals surface area (Å²) in [6.45, 7) is 9.02. The Morgan fingerprint density at radius 1 is 1.29 bits per heavy atom. The number of halogens is 1. The lowest BCUT2D eigenvalue weighted by Crippen LogP contribution is -2.44. The number of piperidine rings is 1. The molecule has 1 amide bonds. The molecule has 136 valence electrons. The second-order valence-corrected chi connectivity index (χ2v) is 6.62. The molecule has 1 aromatic carbocycles. The first kappa shape index (κ1) is 20.9. The van der Waals surface area contributed by atoms with Crippen LogP contribution < -0.4 is 5.32 Å². The van der Waals surface area contributed by atoms with Gasteiger partial charge in [0.05, 0.1) is 12.6 Å². The molecule has 0 aromatic heterocycles. The Hall–Kier alpha value is -1.10. The van der Waals surface area contributed by atoms with Crippen LogP contribution in [0.4, 0.5) is 0 Å². The third kappa shape index (κ3) is 6.08. The van der Waals surface area contributed by atoms with Crippen molar-refractivity contribution in [2.75, 3.05) is 39.8 Å². The van der Waals surface area contributed by atoms with Crippen molar-refractivity contribution < 1.29 is 4.79 Å². The maximum Gasteiger partial charge on any atom is 0.236 e. The van der Waals surface area contributed by atoms with Crippen molar-refractivity contribution >= 4 is 18.3 Å². The van der Waals surface area contributed by atoms with E-state index in [4.69, 9.17) is 0 Å². The first-order valence-electron chi connectivity index (χ1n) is 8.85. The van der Waals surface area contributed by atoms with E-state index in [1.165, 1.54) is 18.4 Å². The molecule has 1 atom stereocenters. The van der Waals surface area contributed by atoms with E-state index in [2.05, 4.69) is 36.2 Å². The van der Waals surface area contributed by atoms with Gasteiger partial charge in [-0.25, -0.2) is 0 Å². The molecule has 1 aliphatic heterocycles. The highest BCUT2D eigenvalue weighted by Gasteiger charge is 2.23. The molecule has 1 saturated heterocycles. The van der Waals surface area contributed by atoms with Crippen LogP contribution in [0.2, 0.25) is 0 Å². The van der Waals surface area contributed by atoms with Gasteiger partial charge in [0.1, 0.15) is 0 Å². The van der Waals surface area contributed by atoms with Crippen molar-refractivity contribution in [2.45, 2.75) is 32.7 Å². The maximum absolute atomic E-state index is 12.6. The molecule has 0 aliphatic carbocycles. The van der Waals surface area contributed by atoms with Crippen LogP contribution in [0.3, 0.4) is 0 Å². The van der Waals surface area contributed by atoms with Crippen LogP contribution in [-0.4, -0.2) is 55.5 Å². The van der Waals surface area contributed by atoms with Crippen LogP contribution in [0, 0.1) is 5.92 Å². The minimum atomic E-state index is 0. The molecule has 1 aliphatic rings. The molecule has 0 bridgehead atoms. The molecule has 0 saturated carbocycles. The summed E-state index contributed by atoms with van der Waals surface area (Å²) in [4.78, 5) is 16.7. The van der Waals surface area contributed by atoms with Crippen molar-refractivity contribution in [1.29, 1.82) is 0 Å². The molecular weight excluding hydrogens is 322 g/mol. The summed E-state index contributed by atoms with van der Waals surface area (Å²) in [6.07, 6.45) is 2.39. The summed E-state index contributed by atoms with van der Waals surface area (Å²) >= 11 is 0. The van der Waals surface area contributed by atoms with E-state index in [1.807, 2.05) is 30.1 Å². The number of benzene rings is 1. The molecule has 4 nitrogen and oxygen atoms in total. The number of nitrogens with zero attached hydrogens (tertiary/aromatic N) is 2. The third-order valence-electron chi connectivity index (χ3n) is 5.01. The van der Waals surface area contributed by atoms with Gasteiger partial charge in [-0.05, 0) is 57.4 Å². The Bertz CT molecular complexity index is 475. The molecule has 1 unspecified atom stereocenters. The van der Waals surface area contributed by atoms with Crippen molar-refractivity contribution in [1.82, 2.24) is 15.1 Å². The molecule has 0 spiro atoms. The summed E-state index contributed by atoms with van der Waals surface area (Å²) in [6, 6.07) is 10.4. The average Bonchev–Trinajstić information content (AvgIpc) is 2.60. The number of amides is 1. The van der Waals surface area contributed by atoms with Gasteiger partial charge < -0.3 is 10.2 Å². The zero-order chi connectivity index (χ0) is 16.7. The number of nitrogens with one attached hydrogen (secondary N) is 1. The normalized spacial score (nSPS) is 17.1. The molecule has 1 fully saturated rings. The average molecular weight is 354 g/mol. The molecule has 2 rings (SSSR count). The Morgan fingerprint density at radius 2 is 1.92 bits per heavy atom. The van der Waals surface area contributed by atoms with Crippen LogP contribution in [-0.2, 0) is 4.79 Å². The van der Waals surface area contributed by atoms with Gasteiger partial charge in [-0.1, -0.05) is 37.3 Å².